The summed E-state index contributed by atoms with van der Waals surface area (Å²) in [5.41, 5.74) is 4.24. The third-order valence-electron chi connectivity index (χ3n) is 3.94. The molecular weight excluding hydrogens is 363 g/mol. The molecule has 136 valence electrons. The molecule has 0 saturated carbocycles. The van der Waals surface area contributed by atoms with Crippen LogP contribution in [0.3, 0.4) is 0 Å². The first kappa shape index (κ1) is 19.8. The molecule has 0 saturated heterocycles. The Hall–Kier alpha value is -1.50. The molecule has 0 heterocycles. The van der Waals surface area contributed by atoms with Gasteiger partial charge >= 0.3 is 7.60 Å². The fraction of sp³-hybridized carbons (Fsp3) is 0.294. The van der Waals surface area contributed by atoms with Crippen LogP contribution in [0.2, 0.25) is 0 Å². The Morgan fingerprint density at radius 2 is 1.68 bits per heavy atom. The third kappa shape index (κ3) is 5.76. The fourth-order valence-electron chi connectivity index (χ4n) is 2.66. The molecule has 6 nitrogen and oxygen atoms in total. The molecule has 1 atom stereocenters. The highest BCUT2D eigenvalue weighted by molar-refractivity contribution is 7.93. The molecule has 2 aromatic rings. The smallest absolute Gasteiger partial charge is 0.323 e. The van der Waals surface area contributed by atoms with Crippen molar-refractivity contribution >= 4 is 17.7 Å². The van der Waals surface area contributed by atoms with Crippen molar-refractivity contribution in [3.8, 4) is 11.1 Å². The lowest BCUT2D eigenvalue weighted by Crippen LogP contribution is -2.20. The Morgan fingerprint density at radius 3 is 2.20 bits per heavy atom. The van der Waals surface area contributed by atoms with Crippen LogP contribution in [0.1, 0.15) is 24.0 Å². The Labute approximate surface area is 147 Å². The summed E-state index contributed by atoms with van der Waals surface area (Å²) in [6.45, 7) is 2.02. The van der Waals surface area contributed by atoms with Gasteiger partial charge in [-0.3, -0.25) is 9.12 Å². The summed E-state index contributed by atoms with van der Waals surface area (Å²) >= 11 is 0. The molecule has 25 heavy (non-hydrogen) atoms. The standard InChI is InChI=1S/C17H21O6PS/c1-13-4-2-6-16(12-13)15-10-8-14(9-11-15)5-3-7-17(24(18,19)20)25(21,22)23/h2,4,6,8-12,17H,3,5,7H2,1H3,(H2,18,19,20)(H,21,22,23). The van der Waals surface area contributed by atoms with Gasteiger partial charge in [0.1, 0.15) is 0 Å². The van der Waals surface area contributed by atoms with Crippen molar-refractivity contribution in [2.24, 2.45) is 0 Å². The average molecular weight is 384 g/mol. The molecule has 0 aromatic heterocycles. The van der Waals surface area contributed by atoms with Gasteiger partial charge in [0.25, 0.3) is 10.1 Å². The van der Waals surface area contributed by atoms with E-state index in [1.165, 1.54) is 0 Å². The second-order valence-corrected chi connectivity index (χ2v) is 9.77. The lowest BCUT2D eigenvalue weighted by atomic mass is 10.0. The predicted molar refractivity (Wildman–Crippen MR) is 96.9 cm³/mol. The maximum absolute atomic E-state index is 11.2. The van der Waals surface area contributed by atoms with E-state index in [4.69, 9.17) is 14.3 Å². The van der Waals surface area contributed by atoms with Crippen LogP contribution in [0.4, 0.5) is 0 Å². The van der Waals surface area contributed by atoms with Crippen LogP contribution < -0.4 is 0 Å². The normalized spacial score (nSPS) is 13.6. The first-order valence-corrected chi connectivity index (χ1v) is 10.9. The van der Waals surface area contributed by atoms with Crippen LogP contribution in [0.25, 0.3) is 11.1 Å². The summed E-state index contributed by atoms with van der Waals surface area (Å²) in [4.78, 5) is 16.1. The van der Waals surface area contributed by atoms with Gasteiger partial charge in [-0.05, 0) is 42.9 Å². The molecule has 1 unspecified atom stereocenters. The SMILES string of the molecule is Cc1cccc(-c2ccc(CCCC(P(=O)(O)O)S(=O)(=O)O)cc2)c1. The maximum atomic E-state index is 11.2. The zero-order chi connectivity index (χ0) is 18.7. The van der Waals surface area contributed by atoms with Crippen LogP contribution >= 0.6 is 7.60 Å². The van der Waals surface area contributed by atoms with Crippen LogP contribution in [0.15, 0.2) is 48.5 Å². The van der Waals surface area contributed by atoms with Gasteiger partial charge in [0.05, 0.1) is 0 Å². The summed E-state index contributed by atoms with van der Waals surface area (Å²) < 4.78 is 42.4. The van der Waals surface area contributed by atoms with Crippen molar-refractivity contribution in [1.82, 2.24) is 0 Å². The van der Waals surface area contributed by atoms with Gasteiger partial charge in [-0.25, -0.2) is 0 Å². The van der Waals surface area contributed by atoms with Crippen molar-refractivity contribution in [2.75, 3.05) is 0 Å². The van der Waals surface area contributed by atoms with E-state index in [0.29, 0.717) is 6.42 Å². The number of hydrogen-bond donors (Lipinski definition) is 3. The van der Waals surface area contributed by atoms with E-state index in [1.54, 1.807) is 0 Å². The van der Waals surface area contributed by atoms with Crippen LogP contribution in [0.5, 0.6) is 0 Å². The molecule has 3 N–H and O–H groups in total. The van der Waals surface area contributed by atoms with Crippen molar-refractivity contribution in [1.29, 1.82) is 0 Å². The molecule has 8 heteroatoms. The van der Waals surface area contributed by atoms with Gasteiger partial charge in [-0.1, -0.05) is 54.1 Å². The van der Waals surface area contributed by atoms with Crippen LogP contribution in [-0.2, 0) is 21.1 Å². The molecule has 0 aliphatic rings. The molecular formula is C17H21O6PS. The van der Waals surface area contributed by atoms with E-state index in [2.05, 4.69) is 6.07 Å². The summed E-state index contributed by atoms with van der Waals surface area (Å²) in [5.74, 6) is 0. The third-order valence-corrected chi connectivity index (χ3v) is 7.50. The molecule has 2 rings (SSSR count). The Morgan fingerprint density at radius 1 is 1.04 bits per heavy atom. The molecule has 2 aromatic carbocycles. The predicted octanol–water partition coefficient (Wildman–Crippen LogP) is 3.38. The Balaban J connectivity index is 2.01. The maximum Gasteiger partial charge on any atom is 0.346 e. The van der Waals surface area contributed by atoms with Gasteiger partial charge in [0.2, 0.25) is 0 Å². The largest absolute Gasteiger partial charge is 0.346 e. The average Bonchev–Trinajstić information content (AvgIpc) is 2.49. The molecule has 0 fully saturated rings. The number of aryl methyl sites for hydroxylation is 2. The van der Waals surface area contributed by atoms with E-state index in [1.807, 2.05) is 49.4 Å². The molecule has 0 aliphatic carbocycles. The number of rotatable bonds is 7. The minimum absolute atomic E-state index is 0.235. The second-order valence-electron chi connectivity index (χ2n) is 6.02. The van der Waals surface area contributed by atoms with Crippen LogP contribution in [-0.4, -0.2) is 27.7 Å². The zero-order valence-electron chi connectivity index (χ0n) is 13.7. The van der Waals surface area contributed by atoms with Crippen LogP contribution in [0, 0.1) is 6.92 Å². The van der Waals surface area contributed by atoms with E-state index < -0.39 is 22.7 Å². The Bertz CT molecular complexity index is 870. The van der Waals surface area contributed by atoms with Gasteiger partial charge in [0, 0.05) is 0 Å². The first-order chi connectivity index (χ1) is 11.6. The quantitative estimate of drug-likeness (QED) is 0.498. The van der Waals surface area contributed by atoms with E-state index >= 15 is 0 Å². The topological polar surface area (TPSA) is 112 Å². The van der Waals surface area contributed by atoms with E-state index in [-0.39, 0.29) is 12.8 Å². The highest BCUT2D eigenvalue weighted by Gasteiger charge is 2.38. The summed E-state index contributed by atoms with van der Waals surface area (Å²) in [6, 6.07) is 15.8. The second kappa shape index (κ2) is 7.81. The molecule has 0 radical (unpaired) electrons. The summed E-state index contributed by atoms with van der Waals surface area (Å²) in [6.07, 6.45) is 0.391. The lowest BCUT2D eigenvalue weighted by molar-refractivity contribution is 0.360. The summed E-state index contributed by atoms with van der Waals surface area (Å²) in [7, 11) is -9.70. The van der Waals surface area contributed by atoms with Crippen molar-refractivity contribution < 1.29 is 27.3 Å². The highest BCUT2D eigenvalue weighted by atomic mass is 32.2. The van der Waals surface area contributed by atoms with Crippen molar-refractivity contribution in [3.05, 3.63) is 59.7 Å². The molecule has 0 aliphatic heterocycles. The number of benzene rings is 2. The van der Waals surface area contributed by atoms with Gasteiger partial charge in [-0.15, -0.1) is 0 Å². The van der Waals surface area contributed by atoms with E-state index in [9.17, 15) is 13.0 Å². The minimum Gasteiger partial charge on any atom is -0.323 e. The van der Waals surface area contributed by atoms with Gasteiger partial charge in [-0.2, -0.15) is 8.42 Å². The molecule has 0 spiro atoms. The van der Waals surface area contributed by atoms with Crippen molar-refractivity contribution in [2.45, 2.75) is 31.2 Å². The molecule has 0 bridgehead atoms. The van der Waals surface area contributed by atoms with E-state index in [0.717, 1.165) is 22.3 Å². The lowest BCUT2D eigenvalue weighted by Gasteiger charge is -2.15. The van der Waals surface area contributed by atoms with Gasteiger partial charge < -0.3 is 9.79 Å². The summed E-state index contributed by atoms with van der Waals surface area (Å²) in [5, 5.41) is 0. The Kier molecular flexibility index (Phi) is 6.19. The van der Waals surface area contributed by atoms with Crippen molar-refractivity contribution in [3.63, 3.8) is 0 Å². The monoisotopic (exact) mass is 384 g/mol. The number of hydrogen-bond acceptors (Lipinski definition) is 3. The molecule has 0 amide bonds. The van der Waals surface area contributed by atoms with Gasteiger partial charge in [0.15, 0.2) is 4.99 Å². The zero-order valence-corrected chi connectivity index (χ0v) is 15.5. The highest BCUT2D eigenvalue weighted by Crippen LogP contribution is 2.46. The fourth-order valence-corrected chi connectivity index (χ4v) is 5.03. The first-order valence-electron chi connectivity index (χ1n) is 7.75. The minimum atomic E-state index is -4.91.